The Morgan fingerprint density at radius 3 is 1.56 bits per heavy atom. The molecule has 0 saturated heterocycles. The first-order chi connectivity index (χ1) is 7.45. The van der Waals surface area contributed by atoms with Crippen LogP contribution in [-0.4, -0.2) is 22.8 Å². The zero-order valence-corrected chi connectivity index (χ0v) is 10.3. The molecule has 3 heteroatoms. The Balaban J connectivity index is 2.28. The van der Waals surface area contributed by atoms with E-state index >= 15 is 0 Å². The minimum absolute atomic E-state index is 0.0694. The molecule has 0 radical (unpaired) electrons. The molecule has 1 aliphatic heterocycles. The van der Waals surface area contributed by atoms with E-state index in [2.05, 4.69) is 27.7 Å². The smallest absolute Gasteiger partial charge is 0.253 e. The number of hydrogen-bond donors (Lipinski definition) is 0. The van der Waals surface area contributed by atoms with Gasteiger partial charge in [0.15, 0.2) is 0 Å². The lowest BCUT2D eigenvalue weighted by Gasteiger charge is -2.30. The molecule has 0 bridgehead atoms. The number of nitrogens with zero attached hydrogens (tertiary/aromatic N) is 1. The van der Waals surface area contributed by atoms with Crippen molar-refractivity contribution in [3.63, 3.8) is 0 Å². The van der Waals surface area contributed by atoms with Gasteiger partial charge in [0.2, 0.25) is 0 Å². The van der Waals surface area contributed by atoms with Crippen LogP contribution in [0, 0.1) is 23.7 Å². The predicted molar refractivity (Wildman–Crippen MR) is 61.4 cm³/mol. The molecule has 2 rings (SSSR count). The second-order valence-electron chi connectivity index (χ2n) is 5.31. The Kier molecular flexibility index (Phi) is 2.64. The van der Waals surface area contributed by atoms with E-state index in [-0.39, 0.29) is 17.9 Å². The molecule has 0 N–H and O–H groups in total. The van der Waals surface area contributed by atoms with Gasteiger partial charge in [-0.15, -0.1) is 0 Å². The molecular weight excluding hydrogens is 202 g/mol. The summed E-state index contributed by atoms with van der Waals surface area (Å²) >= 11 is 0. The molecule has 0 spiro atoms. The zero-order chi connectivity index (χ0) is 12.0. The number of amides is 2. The number of carbonyl (C=O) groups excluding carboxylic acids is 2. The monoisotopic (exact) mass is 221 g/mol. The van der Waals surface area contributed by atoms with Crippen molar-refractivity contribution in [2.24, 2.45) is 23.7 Å². The maximum Gasteiger partial charge on any atom is 0.253 e. The summed E-state index contributed by atoms with van der Waals surface area (Å²) < 4.78 is 0. The Bertz CT molecular complexity index is 329. The van der Waals surface area contributed by atoms with Crippen molar-refractivity contribution in [3.05, 3.63) is 12.2 Å². The first kappa shape index (κ1) is 11.4. The fraction of sp³-hybridized carbons (Fsp3) is 0.692. The van der Waals surface area contributed by atoms with Gasteiger partial charge in [-0.2, -0.15) is 0 Å². The van der Waals surface area contributed by atoms with E-state index in [4.69, 9.17) is 0 Å². The fourth-order valence-corrected chi connectivity index (χ4v) is 3.23. The largest absolute Gasteiger partial charge is 0.272 e. The summed E-state index contributed by atoms with van der Waals surface area (Å²) in [4.78, 5) is 24.8. The Morgan fingerprint density at radius 1 is 0.812 bits per heavy atom. The van der Waals surface area contributed by atoms with Crippen LogP contribution in [0.1, 0.15) is 27.7 Å². The van der Waals surface area contributed by atoms with Crippen molar-refractivity contribution in [2.75, 3.05) is 0 Å². The highest BCUT2D eigenvalue weighted by Crippen LogP contribution is 2.44. The highest BCUT2D eigenvalue weighted by molar-refractivity contribution is 6.13. The van der Waals surface area contributed by atoms with Crippen molar-refractivity contribution in [3.8, 4) is 0 Å². The second kappa shape index (κ2) is 3.72. The quantitative estimate of drug-likeness (QED) is 0.634. The minimum atomic E-state index is -0.144. The molecule has 2 amide bonds. The molecule has 88 valence electrons. The topological polar surface area (TPSA) is 37.4 Å². The van der Waals surface area contributed by atoms with E-state index in [1.807, 2.05) is 0 Å². The molecule has 0 aromatic rings. The third-order valence-electron chi connectivity index (χ3n) is 4.71. The van der Waals surface area contributed by atoms with Gasteiger partial charge in [-0.05, 0) is 23.7 Å². The van der Waals surface area contributed by atoms with E-state index in [1.54, 1.807) is 0 Å². The van der Waals surface area contributed by atoms with E-state index in [1.165, 1.54) is 17.1 Å². The molecular formula is C13H19NO2. The molecule has 0 unspecified atom stereocenters. The van der Waals surface area contributed by atoms with E-state index in [9.17, 15) is 9.59 Å². The van der Waals surface area contributed by atoms with Crippen LogP contribution >= 0.6 is 0 Å². The SMILES string of the molecule is C[C@H]1[C@H](C)[C@H](C)[C@H](N2C(=O)C=CC2=O)[C@@H]1C. The Labute approximate surface area is 96.5 Å². The summed E-state index contributed by atoms with van der Waals surface area (Å²) in [6.45, 7) is 8.72. The predicted octanol–water partition coefficient (Wildman–Crippen LogP) is 1.84. The summed E-state index contributed by atoms with van der Waals surface area (Å²) in [6, 6.07) is 0.0694. The second-order valence-corrected chi connectivity index (χ2v) is 5.31. The molecule has 2 aliphatic rings. The molecule has 0 aromatic heterocycles. The lowest BCUT2D eigenvalue weighted by Crippen LogP contribution is -2.45. The maximum atomic E-state index is 11.7. The third kappa shape index (κ3) is 1.41. The maximum absolute atomic E-state index is 11.7. The highest BCUT2D eigenvalue weighted by Gasteiger charge is 2.47. The molecule has 1 aliphatic carbocycles. The highest BCUT2D eigenvalue weighted by atomic mass is 16.2. The average Bonchev–Trinajstić information content (AvgIpc) is 2.65. The number of hydrogen-bond acceptors (Lipinski definition) is 2. The molecule has 1 heterocycles. The molecule has 3 nitrogen and oxygen atoms in total. The normalized spacial score (nSPS) is 43.5. The summed E-state index contributed by atoms with van der Waals surface area (Å²) in [5.41, 5.74) is 0. The van der Waals surface area contributed by atoms with Gasteiger partial charge in [0.1, 0.15) is 0 Å². The Hall–Kier alpha value is -1.12. The van der Waals surface area contributed by atoms with Gasteiger partial charge < -0.3 is 0 Å². The summed E-state index contributed by atoms with van der Waals surface area (Å²) in [5.74, 6) is 1.60. The molecule has 5 atom stereocenters. The number of rotatable bonds is 1. The first-order valence-electron chi connectivity index (χ1n) is 6.00. The van der Waals surface area contributed by atoms with Gasteiger partial charge in [-0.3, -0.25) is 14.5 Å². The molecule has 0 aromatic carbocycles. The third-order valence-corrected chi connectivity index (χ3v) is 4.71. The van der Waals surface area contributed by atoms with Crippen molar-refractivity contribution < 1.29 is 9.59 Å². The average molecular weight is 221 g/mol. The molecule has 16 heavy (non-hydrogen) atoms. The summed E-state index contributed by atoms with van der Waals surface area (Å²) in [6.07, 6.45) is 2.77. The van der Waals surface area contributed by atoms with Crippen LogP contribution in [-0.2, 0) is 9.59 Å². The van der Waals surface area contributed by atoms with Gasteiger partial charge >= 0.3 is 0 Å². The first-order valence-corrected chi connectivity index (χ1v) is 6.00. The minimum Gasteiger partial charge on any atom is -0.272 e. The van der Waals surface area contributed by atoms with E-state index in [0.717, 1.165) is 0 Å². The van der Waals surface area contributed by atoms with Crippen LogP contribution in [0.4, 0.5) is 0 Å². The van der Waals surface area contributed by atoms with Crippen LogP contribution in [0.5, 0.6) is 0 Å². The summed E-state index contributed by atoms with van der Waals surface area (Å²) in [5, 5.41) is 0. The van der Waals surface area contributed by atoms with Crippen LogP contribution in [0.25, 0.3) is 0 Å². The van der Waals surface area contributed by atoms with Crippen LogP contribution in [0.2, 0.25) is 0 Å². The fourth-order valence-electron chi connectivity index (χ4n) is 3.23. The molecule has 1 fully saturated rings. The Morgan fingerprint density at radius 2 is 1.19 bits per heavy atom. The van der Waals surface area contributed by atoms with Gasteiger partial charge in [0.25, 0.3) is 11.8 Å². The number of imide groups is 1. The van der Waals surface area contributed by atoms with Crippen LogP contribution < -0.4 is 0 Å². The van der Waals surface area contributed by atoms with E-state index in [0.29, 0.717) is 23.7 Å². The van der Waals surface area contributed by atoms with Gasteiger partial charge in [0.05, 0.1) is 0 Å². The van der Waals surface area contributed by atoms with Gasteiger partial charge in [-0.25, -0.2) is 0 Å². The lowest BCUT2D eigenvalue weighted by atomic mass is 9.92. The van der Waals surface area contributed by atoms with Gasteiger partial charge in [-0.1, -0.05) is 27.7 Å². The van der Waals surface area contributed by atoms with Gasteiger partial charge in [0, 0.05) is 18.2 Å². The van der Waals surface area contributed by atoms with Crippen LogP contribution in [0.3, 0.4) is 0 Å². The molecule has 1 saturated carbocycles. The standard InChI is InChI=1S/C13H19NO2/c1-7-8(2)10(4)13(9(7)3)14-11(15)5-6-12(14)16/h5-10,13H,1-4H3/t7-,8-,9-,10+,13-/m0/s1. The summed E-state index contributed by atoms with van der Waals surface area (Å²) in [7, 11) is 0. The van der Waals surface area contributed by atoms with E-state index < -0.39 is 0 Å². The van der Waals surface area contributed by atoms with Crippen molar-refractivity contribution in [1.82, 2.24) is 4.90 Å². The lowest BCUT2D eigenvalue weighted by molar-refractivity contribution is -0.141. The zero-order valence-electron chi connectivity index (χ0n) is 10.3. The van der Waals surface area contributed by atoms with Crippen molar-refractivity contribution in [1.29, 1.82) is 0 Å². The number of carbonyl (C=O) groups is 2. The van der Waals surface area contributed by atoms with Crippen molar-refractivity contribution >= 4 is 11.8 Å². The van der Waals surface area contributed by atoms with Crippen LogP contribution in [0.15, 0.2) is 12.2 Å². The van der Waals surface area contributed by atoms with Crippen molar-refractivity contribution in [2.45, 2.75) is 33.7 Å².